The van der Waals surface area contributed by atoms with E-state index in [1.807, 2.05) is 0 Å². The van der Waals surface area contributed by atoms with E-state index < -0.39 is 35.2 Å². The molecule has 0 saturated heterocycles. The molecule has 1 aliphatic rings. The predicted molar refractivity (Wildman–Crippen MR) is 88.6 cm³/mol. The Morgan fingerprint density at radius 1 is 1.08 bits per heavy atom. The van der Waals surface area contributed by atoms with Crippen molar-refractivity contribution in [1.29, 1.82) is 0 Å². The molecular formula is C19H14F3NO3. The molecule has 3 aromatic rings. The highest BCUT2D eigenvalue weighted by Gasteiger charge is 2.33. The Kier molecular flexibility index (Phi) is 3.77. The first kappa shape index (κ1) is 16.7. The van der Waals surface area contributed by atoms with E-state index in [0.29, 0.717) is 23.0 Å². The third-order valence-corrected chi connectivity index (χ3v) is 4.61. The number of hydrogen-bond donors (Lipinski definition) is 1. The van der Waals surface area contributed by atoms with Crippen molar-refractivity contribution in [3.8, 4) is 5.75 Å². The number of fused-ring (bicyclic) bond motifs is 3. The molecule has 0 bridgehead atoms. The summed E-state index contributed by atoms with van der Waals surface area (Å²) in [5, 5.41) is 0.747. The topological polar surface area (TPSA) is 65.5 Å². The van der Waals surface area contributed by atoms with Crippen molar-refractivity contribution in [1.82, 2.24) is 0 Å². The fourth-order valence-corrected chi connectivity index (χ4v) is 3.34. The lowest BCUT2D eigenvalue weighted by Crippen LogP contribution is -2.38. The molecule has 7 heteroatoms. The van der Waals surface area contributed by atoms with E-state index in [4.69, 9.17) is 14.9 Å². The van der Waals surface area contributed by atoms with E-state index in [1.165, 1.54) is 6.07 Å². The minimum absolute atomic E-state index is 0.159. The molecule has 0 saturated carbocycles. The lowest BCUT2D eigenvalue weighted by Gasteiger charge is -2.32. The van der Waals surface area contributed by atoms with Gasteiger partial charge in [0.15, 0.2) is 11.6 Å². The van der Waals surface area contributed by atoms with Crippen LogP contribution in [0.4, 0.5) is 13.2 Å². The van der Waals surface area contributed by atoms with Gasteiger partial charge in [-0.2, -0.15) is 0 Å². The number of nitrogens with two attached hydrogens (primary N) is 1. The zero-order chi connectivity index (χ0) is 18.6. The van der Waals surface area contributed by atoms with Crippen molar-refractivity contribution in [3.05, 3.63) is 74.9 Å². The average Bonchev–Trinajstić information content (AvgIpc) is 2.58. The monoisotopic (exact) mass is 361 g/mol. The van der Waals surface area contributed by atoms with Crippen molar-refractivity contribution < 1.29 is 22.3 Å². The second kappa shape index (κ2) is 5.88. The standard InChI is InChI=1S/C19H14F3NO3/c1-8-4-17(24)26-18-9(8)2-3-16-11(18)6-15(23)19(25-16)10-5-13(21)14(22)7-12(10)20/h2-5,7,15,19H,6,23H2,1H3/t15-,19+/m1/s1. The van der Waals surface area contributed by atoms with Crippen molar-refractivity contribution in [2.75, 3.05) is 0 Å². The van der Waals surface area contributed by atoms with Crippen LogP contribution in [-0.4, -0.2) is 6.04 Å². The molecule has 2 N–H and O–H groups in total. The molecule has 134 valence electrons. The number of ether oxygens (including phenoxy) is 1. The normalized spacial score (nSPS) is 19.3. The van der Waals surface area contributed by atoms with Gasteiger partial charge in [-0.05, 0) is 37.1 Å². The first-order valence-corrected chi connectivity index (χ1v) is 7.98. The SMILES string of the molecule is Cc1cc(=O)oc2c3c(ccc12)O[C@@H](c1cc(F)c(F)cc1F)[C@H](N)C3. The Morgan fingerprint density at radius 2 is 1.81 bits per heavy atom. The van der Waals surface area contributed by atoms with E-state index in [9.17, 15) is 18.0 Å². The maximum atomic E-state index is 14.1. The summed E-state index contributed by atoms with van der Waals surface area (Å²) in [4.78, 5) is 11.7. The molecule has 1 aromatic heterocycles. The smallest absolute Gasteiger partial charge is 0.336 e. The summed E-state index contributed by atoms with van der Waals surface area (Å²) < 4.78 is 51.9. The van der Waals surface area contributed by atoms with Crippen LogP contribution in [0.2, 0.25) is 0 Å². The van der Waals surface area contributed by atoms with Crippen LogP contribution in [0.1, 0.15) is 22.8 Å². The Balaban J connectivity index is 1.84. The van der Waals surface area contributed by atoms with E-state index in [-0.39, 0.29) is 12.0 Å². The molecule has 0 radical (unpaired) electrons. The van der Waals surface area contributed by atoms with Gasteiger partial charge in [0.05, 0.1) is 6.04 Å². The van der Waals surface area contributed by atoms with Gasteiger partial charge in [-0.1, -0.05) is 0 Å². The summed E-state index contributed by atoms with van der Waals surface area (Å²) in [6.45, 7) is 1.79. The largest absolute Gasteiger partial charge is 0.484 e. The zero-order valence-electron chi connectivity index (χ0n) is 13.7. The first-order chi connectivity index (χ1) is 12.3. The first-order valence-electron chi connectivity index (χ1n) is 7.98. The van der Waals surface area contributed by atoms with E-state index in [2.05, 4.69) is 0 Å². The van der Waals surface area contributed by atoms with Crippen LogP contribution in [-0.2, 0) is 6.42 Å². The molecule has 2 aromatic carbocycles. The van der Waals surface area contributed by atoms with Gasteiger partial charge in [0.25, 0.3) is 0 Å². The highest BCUT2D eigenvalue weighted by Crippen LogP contribution is 2.39. The third kappa shape index (κ3) is 2.55. The predicted octanol–water partition coefficient (Wildman–Crippen LogP) is 3.52. The average molecular weight is 361 g/mol. The van der Waals surface area contributed by atoms with Crippen molar-refractivity contribution in [2.24, 2.45) is 5.73 Å². The summed E-state index contributed by atoms with van der Waals surface area (Å²) in [6, 6.07) is 5.27. The molecule has 0 spiro atoms. The van der Waals surface area contributed by atoms with Crippen molar-refractivity contribution >= 4 is 11.0 Å². The molecule has 1 aliphatic heterocycles. The number of benzene rings is 2. The second-order valence-electron chi connectivity index (χ2n) is 6.36. The van der Waals surface area contributed by atoms with Gasteiger partial charge in [0.1, 0.15) is 23.3 Å². The Morgan fingerprint density at radius 3 is 2.58 bits per heavy atom. The Bertz CT molecular complexity index is 1090. The van der Waals surface area contributed by atoms with Gasteiger partial charge in [-0.3, -0.25) is 0 Å². The van der Waals surface area contributed by atoms with Crippen LogP contribution in [0.5, 0.6) is 5.75 Å². The number of rotatable bonds is 1. The molecule has 0 unspecified atom stereocenters. The lowest BCUT2D eigenvalue weighted by molar-refractivity contribution is 0.149. The van der Waals surface area contributed by atoms with Gasteiger partial charge >= 0.3 is 5.63 Å². The van der Waals surface area contributed by atoms with Gasteiger partial charge in [0.2, 0.25) is 0 Å². The Labute approximate surface area is 146 Å². The fourth-order valence-electron chi connectivity index (χ4n) is 3.34. The Hall–Kier alpha value is -2.80. The van der Waals surface area contributed by atoms with Crippen molar-refractivity contribution in [3.63, 3.8) is 0 Å². The summed E-state index contributed by atoms with van der Waals surface area (Å²) in [5.41, 5.74) is 7.18. The van der Waals surface area contributed by atoms with Crippen LogP contribution < -0.4 is 16.1 Å². The maximum Gasteiger partial charge on any atom is 0.336 e. The molecule has 2 heterocycles. The van der Waals surface area contributed by atoms with E-state index in [0.717, 1.165) is 17.0 Å². The zero-order valence-corrected chi connectivity index (χ0v) is 13.7. The summed E-state index contributed by atoms with van der Waals surface area (Å²) in [6.07, 6.45) is -0.770. The van der Waals surface area contributed by atoms with Crippen LogP contribution in [0.25, 0.3) is 11.0 Å². The number of halogens is 3. The molecule has 0 aliphatic carbocycles. The molecule has 0 amide bonds. The number of aryl methyl sites for hydroxylation is 1. The lowest BCUT2D eigenvalue weighted by atomic mass is 9.91. The molecule has 2 atom stereocenters. The highest BCUT2D eigenvalue weighted by atomic mass is 19.2. The third-order valence-electron chi connectivity index (χ3n) is 4.61. The second-order valence-corrected chi connectivity index (χ2v) is 6.36. The maximum absolute atomic E-state index is 14.1. The van der Waals surface area contributed by atoms with Gasteiger partial charge in [0, 0.05) is 28.6 Å². The van der Waals surface area contributed by atoms with Crippen molar-refractivity contribution in [2.45, 2.75) is 25.5 Å². The van der Waals surface area contributed by atoms with Crippen LogP contribution in [0.3, 0.4) is 0 Å². The molecule has 4 rings (SSSR count). The van der Waals surface area contributed by atoms with Crippen LogP contribution in [0.15, 0.2) is 39.5 Å². The molecule has 0 fully saturated rings. The fraction of sp³-hybridized carbons (Fsp3) is 0.211. The van der Waals surface area contributed by atoms with Crippen LogP contribution >= 0.6 is 0 Å². The summed E-state index contributed by atoms with van der Waals surface area (Å²) in [5.74, 6) is -3.03. The van der Waals surface area contributed by atoms with Gasteiger partial charge in [-0.15, -0.1) is 0 Å². The minimum atomic E-state index is -1.28. The molecule has 4 nitrogen and oxygen atoms in total. The van der Waals surface area contributed by atoms with E-state index in [1.54, 1.807) is 19.1 Å². The van der Waals surface area contributed by atoms with Gasteiger partial charge < -0.3 is 14.9 Å². The summed E-state index contributed by atoms with van der Waals surface area (Å²) >= 11 is 0. The number of hydrogen-bond acceptors (Lipinski definition) is 4. The molecular weight excluding hydrogens is 347 g/mol. The highest BCUT2D eigenvalue weighted by molar-refractivity contribution is 5.85. The summed E-state index contributed by atoms with van der Waals surface area (Å²) in [7, 11) is 0. The molecule has 26 heavy (non-hydrogen) atoms. The minimum Gasteiger partial charge on any atom is -0.484 e. The van der Waals surface area contributed by atoms with Crippen LogP contribution in [0, 0.1) is 24.4 Å². The quantitative estimate of drug-likeness (QED) is 0.532. The van der Waals surface area contributed by atoms with E-state index >= 15 is 0 Å². The van der Waals surface area contributed by atoms with Gasteiger partial charge in [-0.25, -0.2) is 18.0 Å².